The summed E-state index contributed by atoms with van der Waals surface area (Å²) in [5.74, 6) is 0.797. The van der Waals surface area contributed by atoms with Crippen LogP contribution in [0.5, 0.6) is 0 Å². The lowest BCUT2D eigenvalue weighted by molar-refractivity contribution is -0.117. The van der Waals surface area contributed by atoms with Crippen molar-refractivity contribution in [1.29, 1.82) is 0 Å². The van der Waals surface area contributed by atoms with Gasteiger partial charge in [0.2, 0.25) is 0 Å². The third-order valence-electron chi connectivity index (χ3n) is 1.41. The Balaban J connectivity index is 3.43. The highest BCUT2D eigenvalue weighted by Gasteiger charge is 2.01. The molecule has 0 amide bonds. The van der Waals surface area contributed by atoms with Crippen molar-refractivity contribution in [3.8, 4) is 0 Å². The first-order chi connectivity index (χ1) is 4.66. The minimum atomic E-state index is 0.289. The summed E-state index contributed by atoms with van der Waals surface area (Å²) in [5.41, 5.74) is 0. The van der Waals surface area contributed by atoms with Crippen molar-refractivity contribution in [1.82, 2.24) is 0 Å². The number of Topliss-reactive ketones (excluding diaryl/α,β-unsaturated/α-hetero) is 1. The van der Waals surface area contributed by atoms with Gasteiger partial charge in [0, 0.05) is 6.42 Å². The zero-order valence-electron chi connectivity index (χ0n) is 7.05. The van der Waals surface area contributed by atoms with Crippen LogP contribution < -0.4 is 0 Å². The monoisotopic (exact) mass is 140 g/mol. The Hall–Kier alpha value is -0.590. The molecule has 58 valence electrons. The van der Waals surface area contributed by atoms with Crippen LogP contribution in [0.3, 0.4) is 0 Å². The molecule has 0 fully saturated rings. The van der Waals surface area contributed by atoms with E-state index in [1.807, 2.05) is 13.0 Å². The molecule has 0 aliphatic heterocycles. The average Bonchev–Trinajstić information content (AvgIpc) is 1.82. The lowest BCUT2D eigenvalue weighted by Gasteiger charge is -2.03. The van der Waals surface area contributed by atoms with E-state index >= 15 is 0 Å². The minimum Gasteiger partial charge on any atom is -0.300 e. The lowest BCUT2D eigenvalue weighted by atomic mass is 10.0. The van der Waals surface area contributed by atoms with E-state index in [4.69, 9.17) is 0 Å². The number of carbonyl (C=O) groups excluding carboxylic acids is 1. The molecule has 0 rings (SSSR count). The highest BCUT2D eigenvalue weighted by atomic mass is 16.1. The number of carbonyl (C=O) groups is 1. The van der Waals surface area contributed by atoms with E-state index < -0.39 is 0 Å². The summed E-state index contributed by atoms with van der Waals surface area (Å²) >= 11 is 0. The molecule has 0 radical (unpaired) electrons. The molecular weight excluding hydrogens is 124 g/mol. The molecule has 0 bridgehead atoms. The summed E-state index contributed by atoms with van der Waals surface area (Å²) in [6.07, 6.45) is 5.87. The Morgan fingerprint density at radius 3 is 2.60 bits per heavy atom. The summed E-state index contributed by atoms with van der Waals surface area (Å²) in [6.45, 7) is 5.74. The van der Waals surface area contributed by atoms with Crippen LogP contribution in [0.4, 0.5) is 0 Å². The van der Waals surface area contributed by atoms with Gasteiger partial charge in [0.05, 0.1) is 0 Å². The van der Waals surface area contributed by atoms with Gasteiger partial charge in [-0.3, -0.25) is 0 Å². The third-order valence-corrected chi connectivity index (χ3v) is 1.41. The lowest BCUT2D eigenvalue weighted by Crippen LogP contribution is -1.99. The Kier molecular flexibility index (Phi) is 4.91. The molecule has 1 atom stereocenters. The maximum atomic E-state index is 10.6. The predicted molar refractivity (Wildman–Crippen MR) is 43.9 cm³/mol. The molecule has 0 spiro atoms. The average molecular weight is 140 g/mol. The van der Waals surface area contributed by atoms with Crippen molar-refractivity contribution in [2.24, 2.45) is 5.92 Å². The molecular formula is C9H16O. The van der Waals surface area contributed by atoms with Crippen LogP contribution >= 0.6 is 0 Å². The largest absolute Gasteiger partial charge is 0.300 e. The van der Waals surface area contributed by atoms with Crippen LogP contribution in [0.1, 0.15) is 33.6 Å². The molecule has 10 heavy (non-hydrogen) atoms. The van der Waals surface area contributed by atoms with Gasteiger partial charge in [0.25, 0.3) is 0 Å². The fraction of sp³-hybridized carbons (Fsp3) is 0.667. The van der Waals surface area contributed by atoms with Crippen molar-refractivity contribution < 1.29 is 4.79 Å². The van der Waals surface area contributed by atoms with Gasteiger partial charge in [-0.2, -0.15) is 0 Å². The van der Waals surface area contributed by atoms with E-state index in [2.05, 4.69) is 13.0 Å². The first kappa shape index (κ1) is 9.41. The van der Waals surface area contributed by atoms with Crippen LogP contribution in [0.2, 0.25) is 0 Å². The highest BCUT2D eigenvalue weighted by Crippen LogP contribution is 2.07. The second-order valence-electron chi connectivity index (χ2n) is 2.82. The molecule has 1 unspecified atom stereocenters. The quantitative estimate of drug-likeness (QED) is 0.548. The molecule has 0 aromatic rings. The fourth-order valence-corrected chi connectivity index (χ4v) is 0.942. The van der Waals surface area contributed by atoms with Crippen molar-refractivity contribution in [2.45, 2.75) is 33.6 Å². The smallest absolute Gasteiger partial charge is 0.130 e. The van der Waals surface area contributed by atoms with E-state index in [1.165, 1.54) is 0 Å². The number of hydrogen-bond donors (Lipinski definition) is 0. The number of allylic oxidation sites excluding steroid dienone is 2. The zero-order valence-corrected chi connectivity index (χ0v) is 7.05. The molecule has 0 N–H and O–H groups in total. The molecule has 0 saturated heterocycles. The first-order valence-electron chi connectivity index (χ1n) is 3.77. The first-order valence-corrected chi connectivity index (χ1v) is 3.77. The van der Waals surface area contributed by atoms with Crippen molar-refractivity contribution >= 4 is 5.78 Å². The van der Waals surface area contributed by atoms with Crippen LogP contribution in [0.25, 0.3) is 0 Å². The molecule has 1 nitrogen and oxygen atoms in total. The summed E-state index contributed by atoms with van der Waals surface area (Å²) in [7, 11) is 0. The van der Waals surface area contributed by atoms with Gasteiger partial charge in [-0.25, -0.2) is 0 Å². The van der Waals surface area contributed by atoms with Crippen LogP contribution in [0, 0.1) is 5.92 Å². The maximum absolute atomic E-state index is 10.6. The van der Waals surface area contributed by atoms with Crippen LogP contribution in [-0.2, 0) is 4.79 Å². The van der Waals surface area contributed by atoms with E-state index in [0.29, 0.717) is 12.3 Å². The van der Waals surface area contributed by atoms with E-state index in [1.54, 1.807) is 6.92 Å². The number of ketones is 1. The standard InChI is InChI=1S/C9H16O/c1-4-5-6-8(2)7-9(3)10/h4-5,8H,6-7H2,1-3H3/b5-4+. The second kappa shape index (κ2) is 5.21. The Morgan fingerprint density at radius 2 is 2.20 bits per heavy atom. The van der Waals surface area contributed by atoms with Gasteiger partial charge in [-0.15, -0.1) is 0 Å². The summed E-state index contributed by atoms with van der Waals surface area (Å²) in [6, 6.07) is 0. The molecule has 0 heterocycles. The third kappa shape index (κ3) is 5.54. The molecule has 0 aliphatic carbocycles. The topological polar surface area (TPSA) is 17.1 Å². The van der Waals surface area contributed by atoms with Gasteiger partial charge in [-0.1, -0.05) is 19.1 Å². The molecule has 0 aliphatic rings. The van der Waals surface area contributed by atoms with E-state index in [9.17, 15) is 4.79 Å². The Bertz CT molecular complexity index is 125. The Labute approximate surface area is 63.1 Å². The molecule has 0 aromatic carbocycles. The van der Waals surface area contributed by atoms with Crippen LogP contribution in [0.15, 0.2) is 12.2 Å². The van der Waals surface area contributed by atoms with Crippen molar-refractivity contribution in [2.75, 3.05) is 0 Å². The zero-order chi connectivity index (χ0) is 7.98. The van der Waals surface area contributed by atoms with Gasteiger partial charge >= 0.3 is 0 Å². The summed E-state index contributed by atoms with van der Waals surface area (Å²) in [5, 5.41) is 0. The summed E-state index contributed by atoms with van der Waals surface area (Å²) in [4.78, 5) is 10.6. The van der Waals surface area contributed by atoms with Crippen LogP contribution in [-0.4, -0.2) is 5.78 Å². The molecule has 1 heteroatoms. The highest BCUT2D eigenvalue weighted by molar-refractivity contribution is 5.75. The predicted octanol–water partition coefficient (Wildman–Crippen LogP) is 2.57. The Morgan fingerprint density at radius 1 is 1.60 bits per heavy atom. The van der Waals surface area contributed by atoms with Gasteiger partial charge < -0.3 is 4.79 Å². The fourth-order valence-electron chi connectivity index (χ4n) is 0.942. The van der Waals surface area contributed by atoms with Crippen molar-refractivity contribution in [3.05, 3.63) is 12.2 Å². The van der Waals surface area contributed by atoms with Gasteiger partial charge in [0.15, 0.2) is 0 Å². The normalized spacial score (nSPS) is 13.9. The van der Waals surface area contributed by atoms with Gasteiger partial charge in [0.1, 0.15) is 5.78 Å². The number of rotatable bonds is 4. The molecule has 0 aromatic heterocycles. The summed E-state index contributed by atoms with van der Waals surface area (Å²) < 4.78 is 0. The number of hydrogen-bond acceptors (Lipinski definition) is 1. The maximum Gasteiger partial charge on any atom is 0.130 e. The van der Waals surface area contributed by atoms with Crippen molar-refractivity contribution in [3.63, 3.8) is 0 Å². The SMILES string of the molecule is C/C=C/CC(C)CC(C)=O. The molecule has 0 saturated carbocycles. The minimum absolute atomic E-state index is 0.289. The van der Waals surface area contributed by atoms with Gasteiger partial charge in [-0.05, 0) is 26.2 Å². The van der Waals surface area contributed by atoms with E-state index in [0.717, 1.165) is 6.42 Å². The van der Waals surface area contributed by atoms with E-state index in [-0.39, 0.29) is 5.78 Å². The second-order valence-corrected chi connectivity index (χ2v) is 2.82.